The number of benzene rings is 2. The van der Waals surface area contributed by atoms with E-state index in [4.69, 9.17) is 0 Å². The molecule has 0 unspecified atom stereocenters. The Morgan fingerprint density at radius 1 is 0.889 bits per heavy atom. The van der Waals surface area contributed by atoms with Gasteiger partial charge in [-0.15, -0.1) is 0 Å². The van der Waals surface area contributed by atoms with E-state index in [-0.39, 0.29) is 12.3 Å². The zero-order valence-corrected chi connectivity index (χ0v) is 20.9. The molecule has 9 heteroatoms. The van der Waals surface area contributed by atoms with Crippen molar-refractivity contribution in [2.75, 3.05) is 24.7 Å². The Hall–Kier alpha value is -3.82. The second-order valence-corrected chi connectivity index (χ2v) is 10.5. The van der Waals surface area contributed by atoms with Crippen LogP contribution in [0, 0.1) is 0 Å². The molecule has 36 heavy (non-hydrogen) atoms. The third-order valence-electron chi connectivity index (χ3n) is 5.68. The lowest BCUT2D eigenvalue weighted by atomic mass is 10.1. The summed E-state index contributed by atoms with van der Waals surface area (Å²) in [5.41, 5.74) is 4.46. The van der Waals surface area contributed by atoms with Gasteiger partial charge < -0.3 is 10.4 Å². The van der Waals surface area contributed by atoms with Crippen molar-refractivity contribution in [3.63, 3.8) is 0 Å². The van der Waals surface area contributed by atoms with Crippen LogP contribution in [-0.4, -0.2) is 52.1 Å². The fraction of sp³-hybridized carbons (Fsp3) is 0.222. The topological polar surface area (TPSA) is 108 Å². The minimum atomic E-state index is -3.40. The second kappa shape index (κ2) is 11.7. The number of hydrogen-bond donors (Lipinski definition) is 2. The Bertz CT molecular complexity index is 1380. The number of nitrogens with zero attached hydrogens (tertiary/aromatic N) is 4. The number of rotatable bonds is 11. The van der Waals surface area contributed by atoms with Gasteiger partial charge in [0.2, 0.25) is 16.0 Å². The third-order valence-corrected chi connectivity index (χ3v) is 6.93. The van der Waals surface area contributed by atoms with Gasteiger partial charge in [0.15, 0.2) is 0 Å². The Labute approximate surface area is 211 Å². The van der Waals surface area contributed by atoms with Crippen LogP contribution in [0.25, 0.3) is 11.3 Å². The number of phenols is 1. The SMILES string of the molecule is CS(=O)(=O)N(CCc1ccccn1)Cc1cccc(-c2ccnc(NCCc3ccc(O)cc3)n2)c1. The first kappa shape index (κ1) is 25.3. The predicted molar refractivity (Wildman–Crippen MR) is 141 cm³/mol. The predicted octanol–water partition coefficient (Wildman–Crippen LogP) is 3.90. The van der Waals surface area contributed by atoms with Crippen molar-refractivity contribution in [3.05, 3.63) is 102 Å². The number of aromatic nitrogens is 3. The Kier molecular flexibility index (Phi) is 8.24. The lowest BCUT2D eigenvalue weighted by Gasteiger charge is -2.20. The zero-order valence-electron chi connectivity index (χ0n) is 20.1. The summed E-state index contributed by atoms with van der Waals surface area (Å²) in [5.74, 6) is 0.766. The van der Waals surface area contributed by atoms with E-state index in [1.54, 1.807) is 24.5 Å². The summed E-state index contributed by atoms with van der Waals surface area (Å²) in [6.07, 6.45) is 5.95. The summed E-state index contributed by atoms with van der Waals surface area (Å²) in [4.78, 5) is 13.2. The molecular formula is C27H29N5O3S. The van der Waals surface area contributed by atoms with E-state index in [0.717, 1.165) is 34.5 Å². The lowest BCUT2D eigenvalue weighted by molar-refractivity contribution is 0.412. The standard InChI is InChI=1S/C27H29N5O3S/c1-36(34,35)32(18-14-24-7-2-3-15-28-24)20-22-5-4-6-23(19-22)26-13-17-30-27(31-26)29-16-12-21-8-10-25(33)11-9-21/h2-11,13,15,17,19,33H,12,14,16,18,20H2,1H3,(H,29,30,31). The highest BCUT2D eigenvalue weighted by Crippen LogP contribution is 2.21. The first-order valence-corrected chi connectivity index (χ1v) is 13.5. The van der Waals surface area contributed by atoms with Gasteiger partial charge in [-0.2, -0.15) is 4.31 Å². The Morgan fingerprint density at radius 2 is 1.72 bits per heavy atom. The molecule has 8 nitrogen and oxygen atoms in total. The molecule has 0 fully saturated rings. The average molecular weight is 504 g/mol. The van der Waals surface area contributed by atoms with Crippen LogP contribution in [0.5, 0.6) is 5.75 Å². The smallest absolute Gasteiger partial charge is 0.223 e. The maximum absolute atomic E-state index is 12.4. The number of nitrogens with one attached hydrogen (secondary N) is 1. The van der Waals surface area contributed by atoms with Gasteiger partial charge in [-0.25, -0.2) is 18.4 Å². The molecule has 0 aliphatic rings. The van der Waals surface area contributed by atoms with Crippen molar-refractivity contribution in [2.24, 2.45) is 0 Å². The second-order valence-electron chi connectivity index (χ2n) is 8.48. The Morgan fingerprint density at radius 3 is 2.47 bits per heavy atom. The van der Waals surface area contributed by atoms with Crippen molar-refractivity contribution >= 4 is 16.0 Å². The summed E-state index contributed by atoms with van der Waals surface area (Å²) in [6.45, 7) is 1.26. The van der Waals surface area contributed by atoms with Crippen LogP contribution in [0.3, 0.4) is 0 Å². The number of pyridine rings is 1. The van der Waals surface area contributed by atoms with Gasteiger partial charge in [0.1, 0.15) is 5.75 Å². The molecule has 2 heterocycles. The molecule has 0 saturated heterocycles. The van der Waals surface area contributed by atoms with E-state index in [1.165, 1.54) is 10.6 Å². The van der Waals surface area contributed by atoms with E-state index in [9.17, 15) is 13.5 Å². The summed E-state index contributed by atoms with van der Waals surface area (Å²) in [5, 5.41) is 12.6. The van der Waals surface area contributed by atoms with Crippen LogP contribution in [0.4, 0.5) is 5.95 Å². The molecule has 0 bridgehead atoms. The molecule has 0 atom stereocenters. The van der Waals surface area contributed by atoms with E-state index in [2.05, 4.69) is 20.3 Å². The molecule has 0 aliphatic heterocycles. The van der Waals surface area contributed by atoms with E-state index in [0.29, 0.717) is 25.5 Å². The fourth-order valence-electron chi connectivity index (χ4n) is 3.77. The first-order valence-electron chi connectivity index (χ1n) is 11.7. The van der Waals surface area contributed by atoms with Gasteiger partial charge in [-0.1, -0.05) is 36.4 Å². The molecule has 2 aromatic carbocycles. The highest BCUT2D eigenvalue weighted by Gasteiger charge is 2.17. The molecule has 0 spiro atoms. The molecule has 0 aliphatic carbocycles. The maximum Gasteiger partial charge on any atom is 0.223 e. The average Bonchev–Trinajstić information content (AvgIpc) is 2.88. The number of anilines is 1. The monoisotopic (exact) mass is 503 g/mol. The molecule has 2 aromatic heterocycles. The first-order chi connectivity index (χ1) is 17.4. The van der Waals surface area contributed by atoms with Crippen molar-refractivity contribution in [2.45, 2.75) is 19.4 Å². The largest absolute Gasteiger partial charge is 0.508 e. The van der Waals surface area contributed by atoms with Crippen LogP contribution in [0.2, 0.25) is 0 Å². The van der Waals surface area contributed by atoms with E-state index >= 15 is 0 Å². The molecular weight excluding hydrogens is 474 g/mol. The Balaban J connectivity index is 1.42. The molecule has 4 aromatic rings. The molecule has 4 rings (SSSR count). The maximum atomic E-state index is 12.4. The normalized spacial score (nSPS) is 11.5. The molecule has 0 saturated carbocycles. The van der Waals surface area contributed by atoms with Gasteiger partial charge in [0.05, 0.1) is 11.9 Å². The summed E-state index contributed by atoms with van der Waals surface area (Å²) in [6, 6.07) is 22.3. The third kappa shape index (κ3) is 7.34. The van der Waals surface area contributed by atoms with Crippen molar-refractivity contribution in [3.8, 4) is 17.0 Å². The molecule has 186 valence electrons. The summed E-state index contributed by atoms with van der Waals surface area (Å²) >= 11 is 0. The number of aromatic hydroxyl groups is 1. The number of hydrogen-bond acceptors (Lipinski definition) is 7. The minimum absolute atomic E-state index is 0.248. The van der Waals surface area contributed by atoms with E-state index < -0.39 is 10.0 Å². The van der Waals surface area contributed by atoms with Crippen LogP contribution >= 0.6 is 0 Å². The van der Waals surface area contributed by atoms with Gasteiger partial charge in [-0.3, -0.25) is 4.98 Å². The van der Waals surface area contributed by atoms with Gasteiger partial charge in [0, 0.05) is 49.7 Å². The van der Waals surface area contributed by atoms with Gasteiger partial charge in [0.25, 0.3) is 0 Å². The minimum Gasteiger partial charge on any atom is -0.508 e. The van der Waals surface area contributed by atoms with E-state index in [1.807, 2.05) is 60.7 Å². The number of sulfonamides is 1. The van der Waals surface area contributed by atoms with Crippen LogP contribution in [0.15, 0.2) is 85.2 Å². The molecule has 2 N–H and O–H groups in total. The molecule has 0 radical (unpaired) electrons. The number of phenolic OH excluding ortho intramolecular Hbond substituents is 1. The molecule has 0 amide bonds. The van der Waals surface area contributed by atoms with Crippen molar-refractivity contribution in [1.82, 2.24) is 19.3 Å². The van der Waals surface area contributed by atoms with Crippen molar-refractivity contribution in [1.29, 1.82) is 0 Å². The summed E-state index contributed by atoms with van der Waals surface area (Å²) < 4.78 is 26.4. The van der Waals surface area contributed by atoms with Gasteiger partial charge >= 0.3 is 0 Å². The van der Waals surface area contributed by atoms with Crippen LogP contribution in [-0.2, 0) is 29.4 Å². The van der Waals surface area contributed by atoms with Gasteiger partial charge in [-0.05, 0) is 53.9 Å². The highest BCUT2D eigenvalue weighted by atomic mass is 32.2. The zero-order chi connectivity index (χ0) is 25.4. The van der Waals surface area contributed by atoms with Crippen LogP contribution < -0.4 is 5.32 Å². The van der Waals surface area contributed by atoms with Crippen LogP contribution in [0.1, 0.15) is 16.8 Å². The van der Waals surface area contributed by atoms with Crippen molar-refractivity contribution < 1.29 is 13.5 Å². The quantitative estimate of drug-likeness (QED) is 0.320. The fourth-order valence-corrected chi connectivity index (χ4v) is 4.57. The lowest BCUT2D eigenvalue weighted by Crippen LogP contribution is -2.31. The summed E-state index contributed by atoms with van der Waals surface area (Å²) in [7, 11) is -3.40. The highest BCUT2D eigenvalue weighted by molar-refractivity contribution is 7.88.